The number of nitro groups is 1. The largest absolute Gasteiger partial charge is 0.381 e. The standard InChI is InChI=1S/C11H14N4O5/c1-13-11(18)6-2-3-7(8(4-6)15(19)20)14-5-9(16)10(12)17/h2-4,9,14,16H,5H2,1H3,(H2,12,17)(H,13,18). The van der Waals surface area contributed by atoms with Crippen molar-refractivity contribution in [2.24, 2.45) is 5.73 Å². The fourth-order valence-corrected chi connectivity index (χ4v) is 1.42. The van der Waals surface area contributed by atoms with Crippen molar-refractivity contribution in [2.45, 2.75) is 6.10 Å². The Labute approximate surface area is 113 Å². The lowest BCUT2D eigenvalue weighted by atomic mass is 10.1. The van der Waals surface area contributed by atoms with Gasteiger partial charge in [-0.15, -0.1) is 0 Å². The number of hydrogen-bond acceptors (Lipinski definition) is 6. The van der Waals surface area contributed by atoms with Crippen LogP contribution in [-0.4, -0.2) is 41.5 Å². The van der Waals surface area contributed by atoms with E-state index < -0.39 is 22.8 Å². The molecule has 1 unspecified atom stereocenters. The van der Waals surface area contributed by atoms with Crippen molar-refractivity contribution in [1.29, 1.82) is 0 Å². The number of primary amides is 1. The van der Waals surface area contributed by atoms with Gasteiger partial charge in [0.1, 0.15) is 11.8 Å². The normalized spacial score (nSPS) is 11.5. The summed E-state index contributed by atoms with van der Waals surface area (Å²) in [6.07, 6.45) is -1.46. The zero-order valence-electron chi connectivity index (χ0n) is 10.6. The topological polar surface area (TPSA) is 148 Å². The third kappa shape index (κ3) is 3.65. The first kappa shape index (κ1) is 15.4. The first-order valence-electron chi connectivity index (χ1n) is 5.58. The fraction of sp³-hybridized carbons (Fsp3) is 0.273. The third-order valence-electron chi connectivity index (χ3n) is 2.50. The highest BCUT2D eigenvalue weighted by Crippen LogP contribution is 2.25. The summed E-state index contributed by atoms with van der Waals surface area (Å²) in [7, 11) is 1.41. The molecule has 108 valence electrons. The number of aliphatic hydroxyl groups excluding tert-OH is 1. The van der Waals surface area contributed by atoms with Gasteiger partial charge in [-0.25, -0.2) is 0 Å². The van der Waals surface area contributed by atoms with Gasteiger partial charge in [0.15, 0.2) is 0 Å². The van der Waals surface area contributed by atoms with E-state index in [0.29, 0.717) is 0 Å². The van der Waals surface area contributed by atoms with Gasteiger partial charge in [0, 0.05) is 18.7 Å². The second-order valence-electron chi connectivity index (χ2n) is 3.87. The Morgan fingerprint density at radius 2 is 2.15 bits per heavy atom. The first-order chi connectivity index (χ1) is 9.36. The molecule has 0 aliphatic carbocycles. The van der Waals surface area contributed by atoms with E-state index in [4.69, 9.17) is 5.73 Å². The molecule has 1 aromatic rings. The van der Waals surface area contributed by atoms with E-state index in [1.54, 1.807) is 0 Å². The van der Waals surface area contributed by atoms with Gasteiger partial charge in [-0.3, -0.25) is 19.7 Å². The smallest absolute Gasteiger partial charge is 0.293 e. The molecule has 0 radical (unpaired) electrons. The summed E-state index contributed by atoms with van der Waals surface area (Å²) in [5.41, 5.74) is 4.72. The maximum Gasteiger partial charge on any atom is 0.293 e. The number of amides is 2. The van der Waals surface area contributed by atoms with Crippen molar-refractivity contribution >= 4 is 23.2 Å². The Kier molecular flexibility index (Phi) is 4.98. The minimum absolute atomic E-state index is 0.0722. The molecule has 0 bridgehead atoms. The second-order valence-corrected chi connectivity index (χ2v) is 3.87. The first-order valence-corrected chi connectivity index (χ1v) is 5.58. The molecular weight excluding hydrogens is 268 g/mol. The second kappa shape index (κ2) is 6.48. The number of anilines is 1. The molecule has 0 aliphatic rings. The molecule has 20 heavy (non-hydrogen) atoms. The average molecular weight is 282 g/mol. The molecule has 2 amide bonds. The van der Waals surface area contributed by atoms with Gasteiger partial charge in [-0.2, -0.15) is 0 Å². The summed E-state index contributed by atoms with van der Waals surface area (Å²) in [6.45, 7) is -0.268. The van der Waals surface area contributed by atoms with Crippen LogP contribution >= 0.6 is 0 Å². The van der Waals surface area contributed by atoms with Crippen LogP contribution in [0.3, 0.4) is 0 Å². The van der Waals surface area contributed by atoms with E-state index in [9.17, 15) is 24.8 Å². The molecule has 0 fully saturated rings. The molecule has 1 rings (SSSR count). The van der Waals surface area contributed by atoms with Crippen LogP contribution in [-0.2, 0) is 4.79 Å². The van der Waals surface area contributed by atoms with Crippen LogP contribution in [0.1, 0.15) is 10.4 Å². The quantitative estimate of drug-likeness (QED) is 0.397. The number of benzene rings is 1. The highest BCUT2D eigenvalue weighted by Gasteiger charge is 2.18. The Morgan fingerprint density at radius 3 is 2.65 bits per heavy atom. The fourth-order valence-electron chi connectivity index (χ4n) is 1.42. The number of nitro benzene ring substituents is 1. The number of nitrogens with two attached hydrogens (primary N) is 1. The zero-order valence-corrected chi connectivity index (χ0v) is 10.6. The van der Waals surface area contributed by atoms with Gasteiger partial charge < -0.3 is 21.5 Å². The molecule has 1 atom stereocenters. The number of carbonyl (C=O) groups excluding carboxylic acids is 2. The monoisotopic (exact) mass is 282 g/mol. The molecule has 0 heterocycles. The molecule has 5 N–H and O–H groups in total. The van der Waals surface area contributed by atoms with Gasteiger partial charge in [-0.1, -0.05) is 0 Å². The summed E-state index contributed by atoms with van der Waals surface area (Å²) in [4.78, 5) is 32.3. The van der Waals surface area contributed by atoms with Crippen LogP contribution in [0.2, 0.25) is 0 Å². The van der Waals surface area contributed by atoms with Gasteiger partial charge in [0.25, 0.3) is 11.6 Å². The summed E-state index contributed by atoms with van der Waals surface area (Å²) in [6, 6.07) is 3.79. The van der Waals surface area contributed by atoms with Crippen LogP contribution < -0.4 is 16.4 Å². The Morgan fingerprint density at radius 1 is 1.50 bits per heavy atom. The summed E-state index contributed by atoms with van der Waals surface area (Å²) in [5.74, 6) is -1.40. The lowest BCUT2D eigenvalue weighted by molar-refractivity contribution is -0.384. The van der Waals surface area contributed by atoms with Crippen molar-refractivity contribution in [3.05, 3.63) is 33.9 Å². The molecule has 0 aromatic heterocycles. The minimum Gasteiger partial charge on any atom is -0.381 e. The minimum atomic E-state index is -1.46. The predicted octanol–water partition coefficient (Wildman–Crippen LogP) is -0.787. The van der Waals surface area contributed by atoms with Crippen molar-refractivity contribution < 1.29 is 19.6 Å². The van der Waals surface area contributed by atoms with Crippen molar-refractivity contribution in [3.8, 4) is 0 Å². The lowest BCUT2D eigenvalue weighted by Crippen LogP contribution is -2.34. The van der Waals surface area contributed by atoms with Crippen molar-refractivity contribution in [1.82, 2.24) is 5.32 Å². The Bertz CT molecular complexity index is 546. The van der Waals surface area contributed by atoms with E-state index in [-0.39, 0.29) is 23.5 Å². The highest BCUT2D eigenvalue weighted by molar-refractivity contribution is 5.95. The molecule has 0 saturated carbocycles. The zero-order chi connectivity index (χ0) is 15.3. The average Bonchev–Trinajstić information content (AvgIpc) is 2.43. The van der Waals surface area contributed by atoms with Crippen LogP contribution in [0.25, 0.3) is 0 Å². The third-order valence-corrected chi connectivity index (χ3v) is 2.50. The van der Waals surface area contributed by atoms with E-state index in [1.807, 2.05) is 0 Å². The summed E-state index contributed by atoms with van der Waals surface area (Å²) < 4.78 is 0. The maximum absolute atomic E-state index is 11.4. The Hall–Kier alpha value is -2.68. The molecule has 0 aliphatic heterocycles. The van der Waals surface area contributed by atoms with Crippen molar-refractivity contribution in [2.75, 3.05) is 18.9 Å². The van der Waals surface area contributed by atoms with E-state index >= 15 is 0 Å². The van der Waals surface area contributed by atoms with Crippen LogP contribution in [0.4, 0.5) is 11.4 Å². The number of hydrogen-bond donors (Lipinski definition) is 4. The Balaban J connectivity index is 2.99. The molecule has 9 heteroatoms. The van der Waals surface area contributed by atoms with Crippen molar-refractivity contribution in [3.63, 3.8) is 0 Å². The van der Waals surface area contributed by atoms with Gasteiger partial charge in [0.2, 0.25) is 5.91 Å². The van der Waals surface area contributed by atoms with Crippen LogP contribution in [0, 0.1) is 10.1 Å². The highest BCUT2D eigenvalue weighted by atomic mass is 16.6. The SMILES string of the molecule is CNC(=O)c1ccc(NCC(O)C(N)=O)c([N+](=O)[O-])c1. The number of nitrogens with one attached hydrogen (secondary N) is 2. The van der Waals surface area contributed by atoms with E-state index in [2.05, 4.69) is 10.6 Å². The molecule has 0 saturated heterocycles. The maximum atomic E-state index is 11.4. The number of aliphatic hydroxyl groups is 1. The predicted molar refractivity (Wildman–Crippen MR) is 70.2 cm³/mol. The number of rotatable bonds is 6. The van der Waals surface area contributed by atoms with Gasteiger partial charge >= 0.3 is 0 Å². The molecule has 9 nitrogen and oxygen atoms in total. The van der Waals surface area contributed by atoms with E-state index in [1.165, 1.54) is 19.2 Å². The van der Waals surface area contributed by atoms with Gasteiger partial charge in [-0.05, 0) is 12.1 Å². The van der Waals surface area contributed by atoms with Crippen LogP contribution in [0.15, 0.2) is 18.2 Å². The molecule has 0 spiro atoms. The lowest BCUT2D eigenvalue weighted by Gasteiger charge is -2.10. The molecule has 1 aromatic carbocycles. The number of carbonyl (C=O) groups is 2. The molecular formula is C11H14N4O5. The van der Waals surface area contributed by atoms with Crippen LogP contribution in [0.5, 0.6) is 0 Å². The number of nitrogens with zero attached hydrogens (tertiary/aromatic N) is 1. The summed E-state index contributed by atoms with van der Waals surface area (Å²) >= 11 is 0. The van der Waals surface area contributed by atoms with E-state index in [0.717, 1.165) is 6.07 Å². The summed E-state index contributed by atoms with van der Waals surface area (Å²) in [5, 5.41) is 25.1. The van der Waals surface area contributed by atoms with Gasteiger partial charge in [0.05, 0.1) is 11.5 Å².